The molecule has 0 unspecified atom stereocenters. The zero-order chi connectivity index (χ0) is 13.0. The lowest BCUT2D eigenvalue weighted by Gasteiger charge is -2.29. The Morgan fingerprint density at radius 2 is 1.59 bits per heavy atom. The smallest absolute Gasteiger partial charge is 0.0387 e. The molecule has 0 bridgehead atoms. The fourth-order valence-corrected chi connectivity index (χ4v) is 1.99. The Balaban J connectivity index is 2.91. The second-order valence-corrected chi connectivity index (χ2v) is 5.73. The first-order chi connectivity index (χ1) is 7.90. The largest absolute Gasteiger partial charge is 0.398 e. The van der Waals surface area contributed by atoms with Gasteiger partial charge in [0.1, 0.15) is 0 Å². The van der Waals surface area contributed by atoms with Gasteiger partial charge in [0.05, 0.1) is 0 Å². The summed E-state index contributed by atoms with van der Waals surface area (Å²) in [6.45, 7) is 13.2. The summed E-state index contributed by atoms with van der Waals surface area (Å²) in [5.74, 6) is 1.33. The molecular formula is C15H26N2. The molecule has 0 radical (unpaired) electrons. The van der Waals surface area contributed by atoms with Crippen molar-refractivity contribution in [2.24, 2.45) is 11.8 Å². The van der Waals surface area contributed by atoms with Gasteiger partial charge < -0.3 is 10.6 Å². The van der Waals surface area contributed by atoms with Gasteiger partial charge >= 0.3 is 0 Å². The summed E-state index contributed by atoms with van der Waals surface area (Å²) >= 11 is 0. The van der Waals surface area contributed by atoms with Crippen molar-refractivity contribution in [3.05, 3.63) is 23.8 Å². The molecule has 0 amide bonds. The van der Waals surface area contributed by atoms with E-state index < -0.39 is 0 Å². The molecule has 2 heteroatoms. The minimum absolute atomic E-state index is 0.663. The van der Waals surface area contributed by atoms with Gasteiger partial charge in [0.2, 0.25) is 0 Å². The summed E-state index contributed by atoms with van der Waals surface area (Å²) in [6.07, 6.45) is 0. The Kier molecular flexibility index (Phi) is 4.86. The van der Waals surface area contributed by atoms with Gasteiger partial charge in [-0.15, -0.1) is 0 Å². The van der Waals surface area contributed by atoms with Crippen molar-refractivity contribution in [2.75, 3.05) is 23.7 Å². The highest BCUT2D eigenvalue weighted by atomic mass is 15.1. The second kappa shape index (κ2) is 5.95. The normalized spacial score (nSPS) is 11.2. The highest BCUT2D eigenvalue weighted by molar-refractivity contribution is 5.59. The topological polar surface area (TPSA) is 29.3 Å². The van der Waals surface area contributed by atoms with E-state index >= 15 is 0 Å². The van der Waals surface area contributed by atoms with E-state index in [9.17, 15) is 0 Å². The lowest BCUT2D eigenvalue weighted by molar-refractivity contribution is 0.553. The van der Waals surface area contributed by atoms with E-state index in [0.717, 1.165) is 24.3 Å². The number of nitrogens with two attached hydrogens (primary N) is 1. The van der Waals surface area contributed by atoms with E-state index in [1.54, 1.807) is 0 Å². The number of anilines is 2. The Morgan fingerprint density at radius 3 is 2.00 bits per heavy atom. The third kappa shape index (κ3) is 4.29. The van der Waals surface area contributed by atoms with Crippen LogP contribution in [-0.2, 0) is 0 Å². The van der Waals surface area contributed by atoms with Crippen LogP contribution in [-0.4, -0.2) is 13.1 Å². The van der Waals surface area contributed by atoms with Crippen LogP contribution in [0.25, 0.3) is 0 Å². The molecule has 0 heterocycles. The minimum Gasteiger partial charge on any atom is -0.398 e. The summed E-state index contributed by atoms with van der Waals surface area (Å²) in [5.41, 5.74) is 9.28. The number of nitrogen functional groups attached to an aromatic ring is 1. The zero-order valence-corrected chi connectivity index (χ0v) is 11.8. The van der Waals surface area contributed by atoms with Crippen LogP contribution in [0.3, 0.4) is 0 Å². The van der Waals surface area contributed by atoms with Gasteiger partial charge in [-0.3, -0.25) is 0 Å². The monoisotopic (exact) mass is 234 g/mol. The van der Waals surface area contributed by atoms with Crippen molar-refractivity contribution < 1.29 is 0 Å². The molecule has 0 aromatic heterocycles. The van der Waals surface area contributed by atoms with E-state index in [0.29, 0.717) is 11.8 Å². The van der Waals surface area contributed by atoms with Crippen molar-refractivity contribution in [1.29, 1.82) is 0 Å². The SMILES string of the molecule is Cc1ccc(N(CC(C)C)CC(C)C)cc1N. The first kappa shape index (κ1) is 13.9. The fraction of sp³-hybridized carbons (Fsp3) is 0.600. The van der Waals surface area contributed by atoms with Gasteiger partial charge in [-0.05, 0) is 36.5 Å². The third-order valence-electron chi connectivity index (χ3n) is 2.80. The van der Waals surface area contributed by atoms with Crippen molar-refractivity contribution in [1.82, 2.24) is 0 Å². The van der Waals surface area contributed by atoms with Crippen molar-refractivity contribution in [3.8, 4) is 0 Å². The Labute approximate surface area is 106 Å². The van der Waals surface area contributed by atoms with Crippen molar-refractivity contribution in [2.45, 2.75) is 34.6 Å². The summed E-state index contributed by atoms with van der Waals surface area (Å²) in [4.78, 5) is 2.44. The Morgan fingerprint density at radius 1 is 1.06 bits per heavy atom. The summed E-state index contributed by atoms with van der Waals surface area (Å²) in [5, 5.41) is 0. The number of hydrogen-bond acceptors (Lipinski definition) is 2. The fourth-order valence-electron chi connectivity index (χ4n) is 1.99. The number of aryl methyl sites for hydroxylation is 1. The maximum Gasteiger partial charge on any atom is 0.0387 e. The van der Waals surface area contributed by atoms with Gasteiger partial charge in [0, 0.05) is 24.5 Å². The Bertz CT molecular complexity index is 346. The molecule has 0 atom stereocenters. The van der Waals surface area contributed by atoms with Crippen LogP contribution in [0.15, 0.2) is 18.2 Å². The molecule has 0 spiro atoms. The average Bonchev–Trinajstić information content (AvgIpc) is 2.19. The maximum absolute atomic E-state index is 5.99. The molecule has 0 aliphatic rings. The van der Waals surface area contributed by atoms with E-state index in [2.05, 4.69) is 50.8 Å². The van der Waals surface area contributed by atoms with Crippen LogP contribution < -0.4 is 10.6 Å². The minimum atomic E-state index is 0.663. The van der Waals surface area contributed by atoms with Crippen LogP contribution in [0.4, 0.5) is 11.4 Å². The molecule has 0 fully saturated rings. The molecule has 1 rings (SSSR count). The molecule has 2 nitrogen and oxygen atoms in total. The molecule has 17 heavy (non-hydrogen) atoms. The second-order valence-electron chi connectivity index (χ2n) is 5.73. The van der Waals surface area contributed by atoms with Gasteiger partial charge in [0.15, 0.2) is 0 Å². The standard InChI is InChI=1S/C15H26N2/c1-11(2)9-17(10-12(3)4)14-7-6-13(5)15(16)8-14/h6-8,11-12H,9-10,16H2,1-5H3. The van der Waals surface area contributed by atoms with Crippen LogP contribution >= 0.6 is 0 Å². The first-order valence-corrected chi connectivity index (χ1v) is 6.51. The highest BCUT2D eigenvalue weighted by Crippen LogP contribution is 2.22. The summed E-state index contributed by atoms with van der Waals surface area (Å²) < 4.78 is 0. The molecule has 0 saturated heterocycles. The van der Waals surface area contributed by atoms with Crippen molar-refractivity contribution in [3.63, 3.8) is 0 Å². The van der Waals surface area contributed by atoms with E-state index in [1.807, 2.05) is 6.92 Å². The molecule has 1 aromatic carbocycles. The number of benzene rings is 1. The third-order valence-corrected chi connectivity index (χ3v) is 2.80. The zero-order valence-electron chi connectivity index (χ0n) is 11.8. The average molecular weight is 234 g/mol. The molecule has 0 aliphatic carbocycles. The summed E-state index contributed by atoms with van der Waals surface area (Å²) in [7, 11) is 0. The van der Waals surface area contributed by atoms with E-state index in [1.165, 1.54) is 5.69 Å². The number of hydrogen-bond donors (Lipinski definition) is 1. The van der Waals surface area contributed by atoms with E-state index in [-0.39, 0.29) is 0 Å². The van der Waals surface area contributed by atoms with Crippen LogP contribution in [0.5, 0.6) is 0 Å². The van der Waals surface area contributed by atoms with E-state index in [4.69, 9.17) is 5.73 Å². The van der Waals surface area contributed by atoms with Crippen molar-refractivity contribution >= 4 is 11.4 Å². The summed E-state index contributed by atoms with van der Waals surface area (Å²) in [6, 6.07) is 6.38. The van der Waals surface area contributed by atoms with Gasteiger partial charge in [0.25, 0.3) is 0 Å². The quantitative estimate of drug-likeness (QED) is 0.787. The predicted octanol–water partition coefficient (Wildman–Crippen LogP) is 3.70. The Hall–Kier alpha value is -1.18. The van der Waals surface area contributed by atoms with Gasteiger partial charge in [-0.1, -0.05) is 33.8 Å². The lowest BCUT2D eigenvalue weighted by atomic mass is 10.1. The highest BCUT2D eigenvalue weighted by Gasteiger charge is 2.11. The molecule has 96 valence electrons. The molecule has 2 N–H and O–H groups in total. The number of nitrogens with zero attached hydrogens (tertiary/aromatic N) is 1. The number of rotatable bonds is 5. The molecule has 0 saturated carbocycles. The van der Waals surface area contributed by atoms with Crippen LogP contribution in [0, 0.1) is 18.8 Å². The molecule has 1 aromatic rings. The van der Waals surface area contributed by atoms with Gasteiger partial charge in [-0.2, -0.15) is 0 Å². The maximum atomic E-state index is 5.99. The van der Waals surface area contributed by atoms with Crippen LogP contribution in [0.1, 0.15) is 33.3 Å². The van der Waals surface area contributed by atoms with Gasteiger partial charge in [-0.25, -0.2) is 0 Å². The molecular weight excluding hydrogens is 208 g/mol. The first-order valence-electron chi connectivity index (χ1n) is 6.51. The molecule has 0 aliphatic heterocycles. The lowest BCUT2D eigenvalue weighted by Crippen LogP contribution is -2.31. The van der Waals surface area contributed by atoms with Crippen LogP contribution in [0.2, 0.25) is 0 Å². The predicted molar refractivity (Wildman–Crippen MR) is 77.5 cm³/mol.